The molecule has 0 aliphatic carbocycles. The molecule has 1 N–H and O–H groups in total. The van der Waals surface area contributed by atoms with Gasteiger partial charge in [0, 0.05) is 7.11 Å². The predicted molar refractivity (Wildman–Crippen MR) is 64.3 cm³/mol. The standard InChI is InChI=1S/C11H13N5O2/c1-8(18-2)11(17)13-9-5-3-4-6-10(9)16-7-12-14-15-16/h3-8H,1-2H3,(H,13,17). The number of para-hydroxylation sites is 2. The summed E-state index contributed by atoms with van der Waals surface area (Å²) in [7, 11) is 1.48. The molecule has 0 fully saturated rings. The number of tetrazole rings is 1. The number of anilines is 1. The molecule has 1 unspecified atom stereocenters. The van der Waals surface area contributed by atoms with Gasteiger partial charge < -0.3 is 10.1 Å². The summed E-state index contributed by atoms with van der Waals surface area (Å²) in [6.45, 7) is 1.68. The fourth-order valence-electron chi connectivity index (χ4n) is 1.39. The maximum atomic E-state index is 11.8. The molecule has 1 heterocycles. The second-order valence-corrected chi connectivity index (χ2v) is 3.64. The molecule has 0 saturated heterocycles. The first kappa shape index (κ1) is 12.2. The minimum Gasteiger partial charge on any atom is -0.372 e. The lowest BCUT2D eigenvalue weighted by molar-refractivity contribution is -0.124. The zero-order valence-corrected chi connectivity index (χ0v) is 10.1. The monoisotopic (exact) mass is 247 g/mol. The Bertz CT molecular complexity index is 526. The number of carbonyl (C=O) groups is 1. The highest BCUT2D eigenvalue weighted by molar-refractivity contribution is 5.95. The SMILES string of the molecule is COC(C)C(=O)Nc1ccccc1-n1cnnn1. The van der Waals surface area contributed by atoms with Gasteiger partial charge in [-0.05, 0) is 29.5 Å². The third kappa shape index (κ3) is 2.51. The molecule has 94 valence electrons. The van der Waals surface area contributed by atoms with Crippen molar-refractivity contribution in [2.45, 2.75) is 13.0 Å². The maximum Gasteiger partial charge on any atom is 0.253 e. The molecule has 7 nitrogen and oxygen atoms in total. The Kier molecular flexibility index (Phi) is 3.63. The molecule has 2 aromatic rings. The summed E-state index contributed by atoms with van der Waals surface area (Å²) in [4.78, 5) is 11.8. The molecule has 0 bridgehead atoms. The molecule has 1 aromatic heterocycles. The van der Waals surface area contributed by atoms with E-state index in [0.717, 1.165) is 0 Å². The van der Waals surface area contributed by atoms with Crippen molar-refractivity contribution in [3.63, 3.8) is 0 Å². The van der Waals surface area contributed by atoms with Gasteiger partial charge >= 0.3 is 0 Å². The van der Waals surface area contributed by atoms with Crippen LogP contribution in [0.2, 0.25) is 0 Å². The lowest BCUT2D eigenvalue weighted by atomic mass is 10.2. The smallest absolute Gasteiger partial charge is 0.253 e. The highest BCUT2D eigenvalue weighted by Crippen LogP contribution is 2.18. The Morgan fingerprint density at radius 3 is 2.89 bits per heavy atom. The summed E-state index contributed by atoms with van der Waals surface area (Å²) < 4.78 is 6.43. The lowest BCUT2D eigenvalue weighted by Gasteiger charge is -2.13. The van der Waals surface area contributed by atoms with E-state index in [1.54, 1.807) is 13.0 Å². The quantitative estimate of drug-likeness (QED) is 0.857. The molecule has 7 heteroatoms. The third-order valence-corrected chi connectivity index (χ3v) is 2.48. The first-order valence-electron chi connectivity index (χ1n) is 5.38. The average molecular weight is 247 g/mol. The van der Waals surface area contributed by atoms with Crippen LogP contribution in [-0.4, -0.2) is 39.3 Å². The van der Waals surface area contributed by atoms with Crippen LogP contribution in [0.25, 0.3) is 5.69 Å². The van der Waals surface area contributed by atoms with Crippen molar-refractivity contribution in [1.82, 2.24) is 20.2 Å². The van der Waals surface area contributed by atoms with Gasteiger partial charge in [0.05, 0.1) is 11.4 Å². The maximum absolute atomic E-state index is 11.8. The number of nitrogens with zero attached hydrogens (tertiary/aromatic N) is 4. The predicted octanol–water partition coefficient (Wildman–Crippen LogP) is 0.636. The Labute approximate surface area is 104 Å². The third-order valence-electron chi connectivity index (χ3n) is 2.48. The molecule has 0 aliphatic heterocycles. The summed E-state index contributed by atoms with van der Waals surface area (Å²) in [6.07, 6.45) is 0.942. The number of hydrogen-bond acceptors (Lipinski definition) is 5. The number of benzene rings is 1. The van der Waals surface area contributed by atoms with E-state index in [4.69, 9.17) is 4.74 Å². The molecule has 0 spiro atoms. The van der Waals surface area contributed by atoms with Crippen LogP contribution in [0.4, 0.5) is 5.69 Å². The second kappa shape index (κ2) is 5.37. The molecule has 1 amide bonds. The van der Waals surface area contributed by atoms with E-state index >= 15 is 0 Å². The summed E-state index contributed by atoms with van der Waals surface area (Å²) in [6, 6.07) is 7.24. The van der Waals surface area contributed by atoms with Crippen molar-refractivity contribution in [3.05, 3.63) is 30.6 Å². The number of nitrogens with one attached hydrogen (secondary N) is 1. The normalized spacial score (nSPS) is 12.1. The van der Waals surface area contributed by atoms with Gasteiger partial charge in [0.1, 0.15) is 12.4 Å². The van der Waals surface area contributed by atoms with Crippen molar-refractivity contribution in [3.8, 4) is 5.69 Å². The summed E-state index contributed by atoms with van der Waals surface area (Å²) in [5.74, 6) is -0.224. The van der Waals surface area contributed by atoms with Crippen molar-refractivity contribution in [2.24, 2.45) is 0 Å². The fraction of sp³-hybridized carbons (Fsp3) is 0.273. The van der Waals surface area contributed by atoms with Gasteiger partial charge in [-0.1, -0.05) is 12.1 Å². The van der Waals surface area contributed by atoms with Crippen LogP contribution < -0.4 is 5.32 Å². The fourth-order valence-corrected chi connectivity index (χ4v) is 1.39. The van der Waals surface area contributed by atoms with Crippen LogP contribution in [0, 0.1) is 0 Å². The Hall–Kier alpha value is -2.28. The van der Waals surface area contributed by atoms with Crippen molar-refractivity contribution >= 4 is 11.6 Å². The van der Waals surface area contributed by atoms with E-state index in [9.17, 15) is 4.79 Å². The highest BCUT2D eigenvalue weighted by Gasteiger charge is 2.14. The Morgan fingerprint density at radius 2 is 2.22 bits per heavy atom. The van der Waals surface area contributed by atoms with Crippen LogP contribution >= 0.6 is 0 Å². The number of carbonyl (C=O) groups excluding carboxylic acids is 1. The number of amides is 1. The Balaban J connectivity index is 2.26. The van der Waals surface area contributed by atoms with Crippen LogP contribution in [0.5, 0.6) is 0 Å². The first-order chi connectivity index (χ1) is 8.72. The minimum absolute atomic E-state index is 0.224. The second-order valence-electron chi connectivity index (χ2n) is 3.64. The molecular weight excluding hydrogens is 234 g/mol. The van der Waals surface area contributed by atoms with Gasteiger partial charge in [0.15, 0.2) is 0 Å². The van der Waals surface area contributed by atoms with Crippen LogP contribution in [0.15, 0.2) is 30.6 Å². The van der Waals surface area contributed by atoms with Gasteiger partial charge in [-0.2, -0.15) is 4.68 Å². The van der Waals surface area contributed by atoms with E-state index in [1.165, 1.54) is 18.1 Å². The van der Waals surface area contributed by atoms with Gasteiger partial charge in [-0.3, -0.25) is 4.79 Å². The largest absolute Gasteiger partial charge is 0.372 e. The summed E-state index contributed by atoms with van der Waals surface area (Å²) in [5, 5.41) is 13.7. The van der Waals surface area contributed by atoms with Crippen LogP contribution in [0.3, 0.4) is 0 Å². The van der Waals surface area contributed by atoms with Crippen LogP contribution in [0.1, 0.15) is 6.92 Å². The minimum atomic E-state index is -0.521. The molecule has 2 rings (SSSR count). The lowest BCUT2D eigenvalue weighted by Crippen LogP contribution is -2.27. The van der Waals surface area contributed by atoms with E-state index < -0.39 is 6.10 Å². The van der Waals surface area contributed by atoms with Crippen molar-refractivity contribution in [1.29, 1.82) is 0 Å². The molecule has 0 saturated carbocycles. The van der Waals surface area contributed by atoms with Gasteiger partial charge in [0.2, 0.25) is 0 Å². The number of ether oxygens (including phenoxy) is 1. The number of aromatic nitrogens is 4. The molecule has 0 aliphatic rings. The van der Waals surface area contributed by atoms with E-state index in [2.05, 4.69) is 20.8 Å². The zero-order valence-electron chi connectivity index (χ0n) is 10.1. The Morgan fingerprint density at radius 1 is 1.44 bits per heavy atom. The average Bonchev–Trinajstić information content (AvgIpc) is 2.92. The molecule has 0 radical (unpaired) electrons. The van der Waals surface area contributed by atoms with Crippen LogP contribution in [-0.2, 0) is 9.53 Å². The number of rotatable bonds is 4. The van der Waals surface area contributed by atoms with Gasteiger partial charge in [0.25, 0.3) is 5.91 Å². The van der Waals surface area contributed by atoms with Gasteiger partial charge in [-0.15, -0.1) is 5.10 Å². The molecule has 1 atom stereocenters. The number of methoxy groups -OCH3 is 1. The summed E-state index contributed by atoms with van der Waals surface area (Å²) >= 11 is 0. The molecule has 18 heavy (non-hydrogen) atoms. The number of hydrogen-bond donors (Lipinski definition) is 1. The van der Waals surface area contributed by atoms with E-state index in [0.29, 0.717) is 11.4 Å². The van der Waals surface area contributed by atoms with Crippen molar-refractivity contribution < 1.29 is 9.53 Å². The highest BCUT2D eigenvalue weighted by atomic mass is 16.5. The van der Waals surface area contributed by atoms with E-state index in [1.807, 2.05) is 18.2 Å². The first-order valence-corrected chi connectivity index (χ1v) is 5.38. The zero-order chi connectivity index (χ0) is 13.0. The molecular formula is C11H13N5O2. The van der Waals surface area contributed by atoms with Crippen molar-refractivity contribution in [2.75, 3.05) is 12.4 Å². The summed E-state index contributed by atoms with van der Waals surface area (Å²) in [5.41, 5.74) is 1.32. The van der Waals surface area contributed by atoms with Gasteiger partial charge in [-0.25, -0.2) is 0 Å². The van der Waals surface area contributed by atoms with E-state index in [-0.39, 0.29) is 5.91 Å². The molecule has 1 aromatic carbocycles. The topological polar surface area (TPSA) is 81.9 Å².